The second kappa shape index (κ2) is 4.76. The highest BCUT2D eigenvalue weighted by atomic mass is 32.1. The fraction of sp³-hybridized carbons (Fsp3) is 0.308. The molecule has 0 spiro atoms. The third kappa shape index (κ3) is 2.31. The summed E-state index contributed by atoms with van der Waals surface area (Å²) in [6.45, 7) is 4.25. The quantitative estimate of drug-likeness (QED) is 0.883. The predicted octanol–water partition coefficient (Wildman–Crippen LogP) is 3.00. The average Bonchev–Trinajstić information content (AvgIpc) is 2.74. The van der Waals surface area contributed by atoms with Crippen molar-refractivity contribution in [2.75, 3.05) is 0 Å². The van der Waals surface area contributed by atoms with Crippen LogP contribution in [-0.4, -0.2) is 4.98 Å². The Morgan fingerprint density at radius 1 is 1.38 bits per heavy atom. The average molecular weight is 232 g/mol. The molecule has 84 valence electrons. The Bertz CT molecular complexity index is 463. The van der Waals surface area contributed by atoms with Crippen LogP contribution in [0.15, 0.2) is 29.8 Å². The summed E-state index contributed by atoms with van der Waals surface area (Å²) in [4.78, 5) is 4.27. The summed E-state index contributed by atoms with van der Waals surface area (Å²) in [6.07, 6.45) is 2.65. The molecule has 0 aliphatic rings. The Balaban J connectivity index is 2.21. The molecule has 1 aromatic heterocycles. The van der Waals surface area contributed by atoms with Crippen molar-refractivity contribution in [2.45, 2.75) is 26.3 Å². The van der Waals surface area contributed by atoms with Crippen molar-refractivity contribution in [3.8, 4) is 0 Å². The molecule has 0 fully saturated rings. The van der Waals surface area contributed by atoms with E-state index in [0.29, 0.717) is 0 Å². The lowest BCUT2D eigenvalue weighted by Gasteiger charge is -2.15. The number of aromatic nitrogens is 1. The molecular weight excluding hydrogens is 216 g/mol. The van der Waals surface area contributed by atoms with E-state index in [0.717, 1.165) is 11.4 Å². The maximum absolute atomic E-state index is 6.22. The molecule has 0 aliphatic heterocycles. The fourth-order valence-corrected chi connectivity index (χ4v) is 2.50. The standard InChI is InChI=1S/C13H16N2S/c1-9-4-3-5-11(10(9)2)12(14)8-13-15-6-7-16-13/h3-7,12H,8,14H2,1-2H3. The summed E-state index contributed by atoms with van der Waals surface area (Å²) in [5.74, 6) is 0. The molecule has 1 aromatic carbocycles. The number of rotatable bonds is 3. The molecule has 2 rings (SSSR count). The molecule has 1 unspecified atom stereocenters. The SMILES string of the molecule is Cc1cccc(C(N)Cc2nccs2)c1C. The summed E-state index contributed by atoms with van der Waals surface area (Å²) in [7, 11) is 0. The van der Waals surface area contributed by atoms with Crippen LogP contribution in [0.1, 0.15) is 27.7 Å². The van der Waals surface area contributed by atoms with E-state index in [1.54, 1.807) is 11.3 Å². The van der Waals surface area contributed by atoms with Crippen LogP contribution >= 0.6 is 11.3 Å². The normalized spacial score (nSPS) is 12.7. The van der Waals surface area contributed by atoms with Gasteiger partial charge in [-0.15, -0.1) is 11.3 Å². The van der Waals surface area contributed by atoms with Crippen LogP contribution < -0.4 is 5.73 Å². The van der Waals surface area contributed by atoms with Gasteiger partial charge in [0.15, 0.2) is 0 Å². The molecule has 0 amide bonds. The van der Waals surface area contributed by atoms with Gasteiger partial charge in [-0.1, -0.05) is 18.2 Å². The van der Waals surface area contributed by atoms with E-state index < -0.39 is 0 Å². The highest BCUT2D eigenvalue weighted by molar-refractivity contribution is 7.09. The lowest BCUT2D eigenvalue weighted by Crippen LogP contribution is -2.15. The summed E-state index contributed by atoms with van der Waals surface area (Å²) in [5.41, 5.74) is 10.1. The Labute approximate surface area is 100 Å². The van der Waals surface area contributed by atoms with Gasteiger partial charge >= 0.3 is 0 Å². The number of hydrogen-bond donors (Lipinski definition) is 1. The van der Waals surface area contributed by atoms with E-state index >= 15 is 0 Å². The van der Waals surface area contributed by atoms with E-state index in [2.05, 4.69) is 37.0 Å². The van der Waals surface area contributed by atoms with Crippen molar-refractivity contribution in [1.82, 2.24) is 4.98 Å². The first-order valence-corrected chi connectivity index (χ1v) is 6.26. The monoisotopic (exact) mass is 232 g/mol. The van der Waals surface area contributed by atoms with Crippen LogP contribution in [0, 0.1) is 13.8 Å². The van der Waals surface area contributed by atoms with Gasteiger partial charge in [-0.25, -0.2) is 4.98 Å². The van der Waals surface area contributed by atoms with Crippen LogP contribution in [0.2, 0.25) is 0 Å². The molecule has 0 radical (unpaired) electrons. The van der Waals surface area contributed by atoms with Gasteiger partial charge in [-0.05, 0) is 30.5 Å². The molecule has 0 bridgehead atoms. The van der Waals surface area contributed by atoms with Crippen molar-refractivity contribution in [3.05, 3.63) is 51.5 Å². The zero-order valence-corrected chi connectivity index (χ0v) is 10.4. The zero-order chi connectivity index (χ0) is 11.5. The number of nitrogens with two attached hydrogens (primary N) is 1. The summed E-state index contributed by atoms with van der Waals surface area (Å²) in [5, 5.41) is 3.10. The molecular formula is C13H16N2S. The molecule has 2 aromatic rings. The molecule has 0 aliphatic carbocycles. The summed E-state index contributed by atoms with van der Waals surface area (Å²) < 4.78 is 0. The Morgan fingerprint density at radius 2 is 2.19 bits per heavy atom. The minimum atomic E-state index is 0.0473. The molecule has 0 saturated carbocycles. The molecule has 3 heteroatoms. The lowest BCUT2D eigenvalue weighted by molar-refractivity contribution is 0.712. The number of hydrogen-bond acceptors (Lipinski definition) is 3. The smallest absolute Gasteiger partial charge is 0.0943 e. The van der Waals surface area contributed by atoms with Crippen molar-refractivity contribution in [2.24, 2.45) is 5.73 Å². The van der Waals surface area contributed by atoms with Gasteiger partial charge in [0, 0.05) is 24.0 Å². The minimum Gasteiger partial charge on any atom is -0.324 e. The van der Waals surface area contributed by atoms with Crippen molar-refractivity contribution >= 4 is 11.3 Å². The number of thiazole rings is 1. The molecule has 2 nitrogen and oxygen atoms in total. The van der Waals surface area contributed by atoms with E-state index in [1.165, 1.54) is 16.7 Å². The van der Waals surface area contributed by atoms with Gasteiger partial charge < -0.3 is 5.73 Å². The Morgan fingerprint density at radius 3 is 2.88 bits per heavy atom. The third-order valence-electron chi connectivity index (χ3n) is 2.92. The number of aryl methyl sites for hydroxylation is 1. The van der Waals surface area contributed by atoms with E-state index in [1.807, 2.05) is 11.6 Å². The number of nitrogens with zero attached hydrogens (tertiary/aromatic N) is 1. The van der Waals surface area contributed by atoms with Crippen molar-refractivity contribution in [1.29, 1.82) is 0 Å². The number of benzene rings is 1. The van der Waals surface area contributed by atoms with Crippen LogP contribution in [-0.2, 0) is 6.42 Å². The third-order valence-corrected chi connectivity index (χ3v) is 3.73. The van der Waals surface area contributed by atoms with Crippen molar-refractivity contribution in [3.63, 3.8) is 0 Å². The van der Waals surface area contributed by atoms with E-state index in [-0.39, 0.29) is 6.04 Å². The highest BCUT2D eigenvalue weighted by Gasteiger charge is 2.11. The minimum absolute atomic E-state index is 0.0473. The maximum Gasteiger partial charge on any atom is 0.0943 e. The molecule has 16 heavy (non-hydrogen) atoms. The lowest BCUT2D eigenvalue weighted by atomic mass is 9.96. The Hall–Kier alpha value is -1.19. The van der Waals surface area contributed by atoms with Crippen molar-refractivity contribution < 1.29 is 0 Å². The first kappa shape index (κ1) is 11.3. The summed E-state index contributed by atoms with van der Waals surface area (Å²) in [6, 6.07) is 6.35. The van der Waals surface area contributed by atoms with Gasteiger partial charge in [0.05, 0.1) is 5.01 Å². The van der Waals surface area contributed by atoms with Gasteiger partial charge in [0.1, 0.15) is 0 Å². The second-order valence-electron chi connectivity index (χ2n) is 4.03. The molecule has 0 saturated heterocycles. The highest BCUT2D eigenvalue weighted by Crippen LogP contribution is 2.22. The second-order valence-corrected chi connectivity index (χ2v) is 5.00. The molecule has 1 heterocycles. The van der Waals surface area contributed by atoms with Gasteiger partial charge in [-0.3, -0.25) is 0 Å². The van der Waals surface area contributed by atoms with Crippen LogP contribution in [0.5, 0.6) is 0 Å². The predicted molar refractivity (Wildman–Crippen MR) is 68.7 cm³/mol. The Kier molecular flexibility index (Phi) is 3.36. The first-order valence-electron chi connectivity index (χ1n) is 5.38. The topological polar surface area (TPSA) is 38.9 Å². The van der Waals surface area contributed by atoms with Crippen LogP contribution in [0.4, 0.5) is 0 Å². The van der Waals surface area contributed by atoms with E-state index in [4.69, 9.17) is 5.73 Å². The van der Waals surface area contributed by atoms with Crippen LogP contribution in [0.25, 0.3) is 0 Å². The van der Waals surface area contributed by atoms with Gasteiger partial charge in [0.25, 0.3) is 0 Å². The fourth-order valence-electron chi connectivity index (χ4n) is 1.83. The van der Waals surface area contributed by atoms with Gasteiger partial charge in [0.2, 0.25) is 0 Å². The van der Waals surface area contributed by atoms with Gasteiger partial charge in [-0.2, -0.15) is 0 Å². The van der Waals surface area contributed by atoms with Crippen LogP contribution in [0.3, 0.4) is 0 Å². The summed E-state index contributed by atoms with van der Waals surface area (Å²) >= 11 is 1.66. The maximum atomic E-state index is 6.22. The largest absolute Gasteiger partial charge is 0.324 e. The first-order chi connectivity index (χ1) is 7.68. The molecule has 2 N–H and O–H groups in total. The van der Waals surface area contributed by atoms with E-state index in [9.17, 15) is 0 Å². The molecule has 1 atom stereocenters. The zero-order valence-electron chi connectivity index (χ0n) is 9.60.